The predicted molar refractivity (Wildman–Crippen MR) is 96.5 cm³/mol. The van der Waals surface area contributed by atoms with Gasteiger partial charge in [-0.05, 0) is 23.3 Å². The Morgan fingerprint density at radius 2 is 1.60 bits per heavy atom. The van der Waals surface area contributed by atoms with E-state index in [9.17, 15) is 5.26 Å². The zero-order chi connectivity index (χ0) is 17.6. The van der Waals surface area contributed by atoms with Gasteiger partial charge in [0.05, 0.1) is 23.8 Å². The fraction of sp³-hybridized carbons (Fsp3) is 0.211. The number of hydrogen-bond donors (Lipinski definition) is 0. The third-order valence-corrected chi connectivity index (χ3v) is 5.15. The standard InChI is InChI=1S/C19H14N4OS/c20-11-16(12-21)17(13-22)14-1-3-15(4-2-14)18-5-6-19(25-18)23-7-9-24-10-8-23/h1-6H,7-10H2. The molecular weight excluding hydrogens is 332 g/mol. The van der Waals surface area contributed by atoms with Crippen molar-refractivity contribution in [1.29, 1.82) is 15.8 Å². The van der Waals surface area contributed by atoms with Crippen LogP contribution in [-0.2, 0) is 4.74 Å². The van der Waals surface area contributed by atoms with Gasteiger partial charge in [0.2, 0.25) is 0 Å². The molecule has 25 heavy (non-hydrogen) atoms. The first-order chi connectivity index (χ1) is 12.3. The molecule has 122 valence electrons. The second kappa shape index (κ2) is 7.64. The molecule has 2 aromatic rings. The summed E-state index contributed by atoms with van der Waals surface area (Å²) < 4.78 is 5.38. The number of nitrogens with zero attached hydrogens (tertiary/aromatic N) is 4. The van der Waals surface area contributed by atoms with E-state index in [1.165, 1.54) is 5.00 Å². The van der Waals surface area contributed by atoms with Crippen molar-refractivity contribution in [1.82, 2.24) is 0 Å². The lowest BCUT2D eigenvalue weighted by molar-refractivity contribution is 0.123. The van der Waals surface area contributed by atoms with E-state index in [1.54, 1.807) is 35.6 Å². The van der Waals surface area contributed by atoms with Gasteiger partial charge in [-0.3, -0.25) is 0 Å². The van der Waals surface area contributed by atoms with Crippen LogP contribution in [0.4, 0.5) is 5.00 Å². The third kappa shape index (κ3) is 3.54. The molecule has 5 nitrogen and oxygen atoms in total. The molecule has 0 spiro atoms. The monoisotopic (exact) mass is 346 g/mol. The maximum Gasteiger partial charge on any atom is 0.148 e. The van der Waals surface area contributed by atoms with E-state index in [4.69, 9.17) is 15.3 Å². The van der Waals surface area contributed by atoms with Gasteiger partial charge in [-0.1, -0.05) is 24.3 Å². The normalized spacial score (nSPS) is 13.4. The van der Waals surface area contributed by atoms with E-state index in [0.717, 1.165) is 36.7 Å². The van der Waals surface area contributed by atoms with Gasteiger partial charge in [-0.25, -0.2) is 0 Å². The van der Waals surface area contributed by atoms with Gasteiger partial charge in [-0.2, -0.15) is 15.8 Å². The summed E-state index contributed by atoms with van der Waals surface area (Å²) in [5, 5.41) is 28.4. The first kappa shape index (κ1) is 16.7. The largest absolute Gasteiger partial charge is 0.378 e. The van der Waals surface area contributed by atoms with Gasteiger partial charge >= 0.3 is 0 Å². The predicted octanol–water partition coefficient (Wildman–Crippen LogP) is 3.58. The molecule has 1 aromatic heterocycles. The van der Waals surface area contributed by atoms with E-state index >= 15 is 0 Å². The summed E-state index contributed by atoms with van der Waals surface area (Å²) in [6.45, 7) is 3.32. The smallest absolute Gasteiger partial charge is 0.148 e. The van der Waals surface area contributed by atoms with E-state index in [1.807, 2.05) is 18.2 Å². The molecule has 1 aliphatic heterocycles. The second-order valence-electron chi connectivity index (χ2n) is 5.40. The number of hydrogen-bond acceptors (Lipinski definition) is 6. The second-order valence-corrected chi connectivity index (χ2v) is 6.46. The molecule has 2 heterocycles. The minimum Gasteiger partial charge on any atom is -0.378 e. The van der Waals surface area contributed by atoms with Crippen molar-refractivity contribution in [3.8, 4) is 28.6 Å². The highest BCUT2D eigenvalue weighted by atomic mass is 32.1. The molecule has 0 radical (unpaired) electrons. The highest BCUT2D eigenvalue weighted by Crippen LogP contribution is 2.34. The molecule has 1 aliphatic rings. The number of thiophene rings is 1. The maximum absolute atomic E-state index is 9.22. The van der Waals surface area contributed by atoms with Crippen molar-refractivity contribution in [3.05, 3.63) is 47.5 Å². The molecule has 1 saturated heterocycles. The summed E-state index contributed by atoms with van der Waals surface area (Å²) in [6.07, 6.45) is 0. The van der Waals surface area contributed by atoms with Crippen LogP contribution in [0.25, 0.3) is 16.0 Å². The van der Waals surface area contributed by atoms with Gasteiger partial charge in [0.15, 0.2) is 0 Å². The third-order valence-electron chi connectivity index (χ3n) is 3.96. The van der Waals surface area contributed by atoms with Gasteiger partial charge in [0.25, 0.3) is 0 Å². The molecule has 0 bridgehead atoms. The number of morpholine rings is 1. The number of ether oxygens (including phenoxy) is 1. The van der Waals surface area contributed by atoms with Crippen LogP contribution >= 0.6 is 11.3 Å². The highest BCUT2D eigenvalue weighted by Gasteiger charge is 2.14. The maximum atomic E-state index is 9.22. The fourth-order valence-corrected chi connectivity index (χ4v) is 3.70. The quantitative estimate of drug-likeness (QED) is 0.793. The summed E-state index contributed by atoms with van der Waals surface area (Å²) in [5.74, 6) is 0. The first-order valence-corrected chi connectivity index (χ1v) is 8.56. The Balaban J connectivity index is 1.85. The van der Waals surface area contributed by atoms with Crippen LogP contribution in [0.2, 0.25) is 0 Å². The molecular formula is C19H14N4OS. The van der Waals surface area contributed by atoms with E-state index < -0.39 is 0 Å². The van der Waals surface area contributed by atoms with Crippen molar-refractivity contribution >= 4 is 21.9 Å². The van der Waals surface area contributed by atoms with Crippen LogP contribution in [0.5, 0.6) is 0 Å². The molecule has 0 N–H and O–H groups in total. The Kier molecular flexibility index (Phi) is 5.11. The summed E-state index contributed by atoms with van der Waals surface area (Å²) in [4.78, 5) is 3.45. The number of benzene rings is 1. The lowest BCUT2D eigenvalue weighted by atomic mass is 10.0. The van der Waals surface area contributed by atoms with Crippen LogP contribution in [0.3, 0.4) is 0 Å². The van der Waals surface area contributed by atoms with Crippen molar-refractivity contribution < 1.29 is 4.74 Å². The van der Waals surface area contributed by atoms with Crippen LogP contribution in [0.1, 0.15) is 5.56 Å². The van der Waals surface area contributed by atoms with Crippen LogP contribution in [0, 0.1) is 34.0 Å². The van der Waals surface area contributed by atoms with E-state index in [0.29, 0.717) is 5.56 Å². The Labute approximate surface area is 150 Å². The van der Waals surface area contributed by atoms with Crippen molar-refractivity contribution in [2.45, 2.75) is 0 Å². The highest BCUT2D eigenvalue weighted by molar-refractivity contribution is 7.19. The molecule has 3 rings (SSSR count). The molecule has 0 aliphatic carbocycles. The van der Waals surface area contributed by atoms with E-state index in [2.05, 4.69) is 17.0 Å². The summed E-state index contributed by atoms with van der Waals surface area (Å²) >= 11 is 1.72. The molecule has 0 amide bonds. The summed E-state index contributed by atoms with van der Waals surface area (Å²) in [7, 11) is 0. The fourth-order valence-electron chi connectivity index (χ4n) is 2.64. The van der Waals surface area contributed by atoms with Crippen LogP contribution in [0.15, 0.2) is 42.0 Å². The number of rotatable bonds is 3. The van der Waals surface area contributed by atoms with Gasteiger partial charge in [0, 0.05) is 18.0 Å². The van der Waals surface area contributed by atoms with Crippen molar-refractivity contribution in [2.75, 3.05) is 31.2 Å². The first-order valence-electron chi connectivity index (χ1n) is 7.74. The number of allylic oxidation sites excluding steroid dienone is 2. The molecule has 0 unspecified atom stereocenters. The van der Waals surface area contributed by atoms with Crippen LogP contribution in [-0.4, -0.2) is 26.3 Å². The average Bonchev–Trinajstić information content (AvgIpc) is 3.17. The summed E-state index contributed by atoms with van der Waals surface area (Å²) in [5.41, 5.74) is 1.56. The number of nitriles is 3. The van der Waals surface area contributed by atoms with Gasteiger partial charge < -0.3 is 9.64 Å². The average molecular weight is 346 g/mol. The Hall–Kier alpha value is -3.11. The topological polar surface area (TPSA) is 83.8 Å². The molecule has 6 heteroatoms. The number of anilines is 1. The molecule has 0 atom stereocenters. The lowest BCUT2D eigenvalue weighted by Gasteiger charge is -2.27. The van der Waals surface area contributed by atoms with E-state index in [-0.39, 0.29) is 11.1 Å². The summed E-state index contributed by atoms with van der Waals surface area (Å²) in [6, 6.07) is 17.1. The van der Waals surface area contributed by atoms with Gasteiger partial charge in [-0.15, -0.1) is 11.3 Å². The SMILES string of the molecule is N#CC(C#N)=C(C#N)c1ccc(-c2ccc(N3CCOCC3)s2)cc1. The zero-order valence-corrected chi connectivity index (χ0v) is 14.2. The Morgan fingerprint density at radius 3 is 2.20 bits per heavy atom. The molecule has 0 saturated carbocycles. The van der Waals surface area contributed by atoms with Crippen molar-refractivity contribution in [3.63, 3.8) is 0 Å². The molecule has 1 aromatic carbocycles. The lowest BCUT2D eigenvalue weighted by Crippen LogP contribution is -2.35. The Morgan fingerprint density at radius 1 is 0.920 bits per heavy atom. The minimum atomic E-state index is -0.166. The minimum absolute atomic E-state index is 0.108. The zero-order valence-electron chi connectivity index (χ0n) is 13.4. The van der Waals surface area contributed by atoms with Gasteiger partial charge in [0.1, 0.15) is 23.8 Å². The Bertz CT molecular complexity index is 900. The van der Waals surface area contributed by atoms with Crippen molar-refractivity contribution in [2.24, 2.45) is 0 Å². The van der Waals surface area contributed by atoms with Crippen LogP contribution < -0.4 is 4.90 Å². The molecule has 1 fully saturated rings.